The molecule has 33 rings (SSSR count). The summed E-state index contributed by atoms with van der Waals surface area (Å²) in [5, 5.41) is 7.42. The van der Waals surface area contributed by atoms with Crippen molar-refractivity contribution in [3.63, 3.8) is 0 Å². The summed E-state index contributed by atoms with van der Waals surface area (Å²) in [6.45, 7) is 0. The minimum Gasteiger partial charge on any atom is -0.309 e. The largest absolute Gasteiger partial charge is 0.309 e. The average molecular weight is 1910 g/mol. The van der Waals surface area contributed by atoms with Crippen molar-refractivity contribution >= 4 is 65.4 Å². The van der Waals surface area contributed by atoms with E-state index in [1.807, 2.05) is 133 Å². The Morgan fingerprint density at radius 2 is 0.353 bits per heavy atom. The highest BCUT2D eigenvalue weighted by Crippen LogP contribution is 2.66. The van der Waals surface area contributed by atoms with E-state index in [1.54, 1.807) is 0 Å². The molecule has 9 heterocycles. The second-order valence-corrected chi connectivity index (χ2v) is 39.5. The number of nitrogens with zero attached hydrogens (tertiary/aromatic N) is 12. The van der Waals surface area contributed by atoms with Crippen molar-refractivity contribution in [3.8, 4) is 153 Å². The molecule has 0 atom stereocenters. The molecule has 12 heteroatoms. The van der Waals surface area contributed by atoms with Gasteiger partial charge in [-0.2, -0.15) is 0 Å². The van der Waals surface area contributed by atoms with Crippen LogP contribution in [-0.2, 0) is 16.2 Å². The van der Waals surface area contributed by atoms with Gasteiger partial charge in [-0.05, 0) is 161 Å². The van der Waals surface area contributed by atoms with E-state index in [0.29, 0.717) is 52.4 Å². The van der Waals surface area contributed by atoms with Crippen LogP contribution < -0.4 is 0 Å². The first-order chi connectivity index (χ1) is 74.4. The monoisotopic (exact) mass is 1910 g/mol. The van der Waals surface area contributed by atoms with E-state index < -0.39 is 16.2 Å². The minimum absolute atomic E-state index is 0.431. The predicted octanol–water partition coefficient (Wildman–Crippen LogP) is 31.9. The molecule has 6 aliphatic rings. The fourth-order valence-electron chi connectivity index (χ4n) is 25.9. The van der Waals surface area contributed by atoms with Crippen LogP contribution in [0.15, 0.2) is 510 Å². The summed E-state index contributed by atoms with van der Waals surface area (Å²) in [6, 6.07) is 182. The summed E-state index contributed by atoms with van der Waals surface area (Å²) < 4.78 is 7.43. The molecular weight excluding hydrogens is 1830 g/mol. The molecule has 0 saturated carbocycles. The zero-order chi connectivity index (χ0) is 98.4. The molecule has 0 radical (unpaired) electrons. The van der Waals surface area contributed by atoms with E-state index >= 15 is 0 Å². The van der Waals surface area contributed by atoms with Gasteiger partial charge in [0.25, 0.3) is 0 Å². The molecule has 0 amide bonds. The van der Waals surface area contributed by atoms with Crippen molar-refractivity contribution in [1.82, 2.24) is 58.6 Å². The minimum atomic E-state index is -0.542. The normalized spacial score (nSPS) is 13.4. The van der Waals surface area contributed by atoms with E-state index in [9.17, 15) is 0 Å². The molecular formula is C138H84N12. The molecule has 12 nitrogen and oxygen atoms in total. The summed E-state index contributed by atoms with van der Waals surface area (Å²) in [7, 11) is 0. The van der Waals surface area contributed by atoms with Gasteiger partial charge in [0.15, 0.2) is 52.4 Å². The van der Waals surface area contributed by atoms with Gasteiger partial charge in [-0.3, -0.25) is 0 Å². The van der Waals surface area contributed by atoms with Crippen LogP contribution in [0.3, 0.4) is 0 Å². The fourth-order valence-corrected chi connectivity index (χ4v) is 25.9. The summed E-state index contributed by atoms with van der Waals surface area (Å²) in [4.78, 5) is 45.5. The Morgan fingerprint density at radius 3 is 0.707 bits per heavy atom. The first-order valence-electron chi connectivity index (χ1n) is 51.1. The third kappa shape index (κ3) is 12.2. The van der Waals surface area contributed by atoms with Crippen molar-refractivity contribution in [2.75, 3.05) is 0 Å². The molecule has 27 aromatic rings. The summed E-state index contributed by atoms with van der Waals surface area (Å²) in [5.41, 5.74) is 41.3. The molecule has 150 heavy (non-hydrogen) atoms. The lowest BCUT2D eigenvalue weighted by atomic mass is 9.65. The lowest BCUT2D eigenvalue weighted by Gasteiger charge is -2.39. The van der Waals surface area contributed by atoms with E-state index in [-0.39, 0.29) is 0 Å². The summed E-state index contributed by atoms with van der Waals surface area (Å²) in [5.74, 6) is 5.89. The van der Waals surface area contributed by atoms with Crippen LogP contribution in [0.2, 0.25) is 0 Å². The van der Waals surface area contributed by atoms with E-state index in [1.165, 1.54) is 177 Å². The number of fused-ring (bicyclic) bond motifs is 36. The Balaban J connectivity index is 0.000000101. The van der Waals surface area contributed by atoms with Crippen LogP contribution >= 0.6 is 0 Å². The Bertz CT molecular complexity index is 9990. The van der Waals surface area contributed by atoms with Crippen molar-refractivity contribution in [2.45, 2.75) is 16.2 Å². The van der Waals surface area contributed by atoms with Crippen LogP contribution in [0.25, 0.3) is 218 Å². The Kier molecular flexibility index (Phi) is 18.6. The Morgan fingerprint density at radius 1 is 0.127 bits per heavy atom. The fraction of sp³-hybridized carbons (Fsp3) is 0.0217. The zero-order valence-corrected chi connectivity index (χ0v) is 80.9. The quantitative estimate of drug-likeness (QED) is 0.139. The number of aromatic nitrogens is 12. The topological polar surface area (TPSA) is 131 Å². The number of benzene rings is 21. The molecule has 0 unspecified atom stereocenters. The highest BCUT2D eigenvalue weighted by atomic mass is 15.1. The third-order valence-corrected chi connectivity index (χ3v) is 32.0. The molecule has 6 aromatic heterocycles. The highest BCUT2D eigenvalue weighted by Gasteiger charge is 2.55. The third-order valence-electron chi connectivity index (χ3n) is 32.0. The SMILES string of the molecule is c1ccc(-c2nc(-c3ccccc3)nc(-c3ccc4c(c3)-n3c5ccccc5c5cccc(c53)C43c4ccccc4-c4ccccc43)n2)cc1.c1ccc(-c2nc(-c3ccccc3)nc(-c3ccc4c(c3)C3(c5ccccc5-c5ccccc53)c3cccc5c6ccccc6n-4c35)n2)cc1.c1ccc(-c2nc(-c3ccccc3)nc(-c3ccc4c(c3)c3cccc5c3n4-c3ccccc3C53c4ccccc4-c4ccccc43)n2)cc1. The molecule has 0 fully saturated rings. The maximum atomic E-state index is 5.15. The van der Waals surface area contributed by atoms with Gasteiger partial charge in [0, 0.05) is 82.4 Å². The van der Waals surface area contributed by atoms with Gasteiger partial charge in [-0.15, -0.1) is 0 Å². The molecule has 0 saturated heterocycles. The maximum Gasteiger partial charge on any atom is 0.164 e. The molecule has 21 aromatic carbocycles. The summed E-state index contributed by atoms with van der Waals surface area (Å²) >= 11 is 0. The van der Waals surface area contributed by atoms with Crippen molar-refractivity contribution < 1.29 is 0 Å². The second-order valence-electron chi connectivity index (χ2n) is 39.5. The van der Waals surface area contributed by atoms with Crippen LogP contribution in [0.4, 0.5) is 0 Å². The van der Waals surface area contributed by atoms with Gasteiger partial charge in [0.05, 0.1) is 66.4 Å². The first-order valence-corrected chi connectivity index (χ1v) is 51.1. The predicted molar refractivity (Wildman–Crippen MR) is 604 cm³/mol. The Labute approximate surface area is 863 Å². The molecule has 3 aliphatic heterocycles. The molecule has 0 bridgehead atoms. The van der Waals surface area contributed by atoms with Gasteiger partial charge < -0.3 is 13.7 Å². The Hall–Kier alpha value is -20.0. The lowest BCUT2D eigenvalue weighted by Crippen LogP contribution is -2.33. The standard InChI is InChI=1S/3C46H28N4/c1-3-14-29(15-4-1)43-47-44(30-16-5-2-6-17-30)49-45(48-43)31-26-27-38-41(28-31)50-40-25-12-9-20-34(40)35-21-13-24-39(42(35)50)46(38)36-22-10-7-18-32(36)33-19-8-11-23-37(33)46;1-3-14-29(15-4-1)43-47-44(30-16-5-2-6-17-30)49-45(48-43)31-26-27-41-39(28-31)46(36-22-10-7-18-32(36)33-19-8-11-23-37(33)46)38-24-13-21-35-34-20-9-12-25-40(34)50(41)42(35)38;1-3-14-29(15-4-1)43-47-44(30-16-5-2-6-17-30)49-45(48-43)31-26-27-40-35(28-31)34-20-13-24-39-42(34)50(40)41-25-12-11-23-38(41)46(39)36-21-9-7-18-32(36)33-19-8-10-22-37(33)46/h3*1-28H. The van der Waals surface area contributed by atoms with Crippen LogP contribution in [-0.4, -0.2) is 58.6 Å². The van der Waals surface area contributed by atoms with Gasteiger partial charge in [-0.25, -0.2) is 44.9 Å². The smallest absolute Gasteiger partial charge is 0.164 e. The van der Waals surface area contributed by atoms with Crippen LogP contribution in [0.1, 0.15) is 66.8 Å². The van der Waals surface area contributed by atoms with Gasteiger partial charge in [0.2, 0.25) is 0 Å². The number of hydrogen-bond donors (Lipinski definition) is 0. The van der Waals surface area contributed by atoms with Gasteiger partial charge in [0.1, 0.15) is 0 Å². The van der Waals surface area contributed by atoms with E-state index in [4.69, 9.17) is 44.9 Å². The molecule has 3 spiro atoms. The number of hydrogen-bond acceptors (Lipinski definition) is 9. The molecule has 3 aliphatic carbocycles. The highest BCUT2D eigenvalue weighted by molar-refractivity contribution is 6.17. The number of para-hydroxylation sites is 6. The first kappa shape index (κ1) is 84.6. The second kappa shape index (κ2) is 33.0. The van der Waals surface area contributed by atoms with Gasteiger partial charge in [-0.1, -0.05) is 449 Å². The molecule has 696 valence electrons. The number of rotatable bonds is 9. The van der Waals surface area contributed by atoms with Crippen molar-refractivity contribution in [1.29, 1.82) is 0 Å². The lowest BCUT2D eigenvalue weighted by molar-refractivity contribution is 0.748. The van der Waals surface area contributed by atoms with Crippen LogP contribution in [0.5, 0.6) is 0 Å². The molecule has 0 N–H and O–H groups in total. The zero-order valence-electron chi connectivity index (χ0n) is 80.9. The van der Waals surface area contributed by atoms with E-state index in [0.717, 1.165) is 55.8 Å². The van der Waals surface area contributed by atoms with Gasteiger partial charge >= 0.3 is 0 Å². The van der Waals surface area contributed by atoms with Crippen molar-refractivity contribution in [2.24, 2.45) is 0 Å². The average Bonchev–Trinajstić information content (AvgIpc) is 1.50. The maximum absolute atomic E-state index is 5.15. The van der Waals surface area contributed by atoms with Crippen molar-refractivity contribution in [3.05, 3.63) is 576 Å². The van der Waals surface area contributed by atoms with Crippen LogP contribution in [0, 0.1) is 0 Å². The van der Waals surface area contributed by atoms with E-state index in [2.05, 4.69) is 390 Å². The summed E-state index contributed by atoms with van der Waals surface area (Å²) in [6.07, 6.45) is 0.